The van der Waals surface area contributed by atoms with Gasteiger partial charge in [-0.1, -0.05) is 18.2 Å². The van der Waals surface area contributed by atoms with Gasteiger partial charge in [0, 0.05) is 4.90 Å². The molecule has 3 rings (SSSR count). The molecule has 2 nitrogen and oxygen atoms in total. The summed E-state index contributed by atoms with van der Waals surface area (Å²) in [5.74, 6) is 0. The van der Waals surface area contributed by atoms with E-state index in [9.17, 15) is 0 Å². The van der Waals surface area contributed by atoms with Crippen molar-refractivity contribution in [2.24, 2.45) is 0 Å². The molecule has 76 valence electrons. The van der Waals surface area contributed by atoms with Crippen molar-refractivity contribution >= 4 is 34.9 Å². The second-order valence-corrected chi connectivity index (χ2v) is 5.69. The summed E-state index contributed by atoms with van der Waals surface area (Å²) in [5, 5.41) is 1.79. The zero-order chi connectivity index (χ0) is 10.3. The first kappa shape index (κ1) is 9.63. The number of aromatic nitrogens is 2. The molecule has 1 unspecified atom stereocenters. The highest BCUT2D eigenvalue weighted by Gasteiger charge is 2.26. The molecule has 1 aromatic carbocycles. The number of benzene rings is 1. The van der Waals surface area contributed by atoms with Crippen molar-refractivity contribution < 1.29 is 0 Å². The van der Waals surface area contributed by atoms with Gasteiger partial charge in [-0.25, -0.2) is 4.98 Å². The lowest BCUT2D eigenvalue weighted by atomic mass is 10.1. The summed E-state index contributed by atoms with van der Waals surface area (Å²) >= 11 is 8.98. The maximum atomic E-state index is 5.73. The summed E-state index contributed by atoms with van der Waals surface area (Å²) in [5.41, 5.74) is 1.40. The lowest BCUT2D eigenvalue weighted by Crippen LogP contribution is -1.90. The van der Waals surface area contributed by atoms with E-state index >= 15 is 0 Å². The molecule has 1 aromatic heterocycles. The number of fused-ring (bicyclic) bond motifs is 1. The second-order valence-electron chi connectivity index (χ2n) is 3.32. The van der Waals surface area contributed by atoms with Crippen LogP contribution in [0.3, 0.4) is 0 Å². The Morgan fingerprint density at radius 1 is 1.33 bits per heavy atom. The molecule has 2 aromatic rings. The van der Waals surface area contributed by atoms with Gasteiger partial charge in [-0.3, -0.25) is 0 Å². The van der Waals surface area contributed by atoms with Crippen molar-refractivity contribution in [3.05, 3.63) is 40.1 Å². The van der Waals surface area contributed by atoms with E-state index in [0.29, 0.717) is 10.5 Å². The summed E-state index contributed by atoms with van der Waals surface area (Å²) < 4.78 is 4.01. The molecule has 1 atom stereocenters. The summed E-state index contributed by atoms with van der Waals surface area (Å²) in [7, 11) is 0. The summed E-state index contributed by atoms with van der Waals surface area (Å²) in [6.07, 6.45) is 1.03. The molecule has 1 aliphatic heterocycles. The van der Waals surface area contributed by atoms with Crippen LogP contribution in [0.4, 0.5) is 0 Å². The minimum Gasteiger partial charge on any atom is -0.209 e. The lowest BCUT2D eigenvalue weighted by Gasteiger charge is -2.00. The van der Waals surface area contributed by atoms with Gasteiger partial charge >= 0.3 is 0 Å². The van der Waals surface area contributed by atoms with Crippen LogP contribution in [0.2, 0.25) is 5.28 Å². The van der Waals surface area contributed by atoms with E-state index in [1.165, 1.54) is 22.0 Å². The van der Waals surface area contributed by atoms with Gasteiger partial charge in [-0.2, -0.15) is 4.37 Å². The quantitative estimate of drug-likeness (QED) is 0.778. The predicted molar refractivity (Wildman–Crippen MR) is 63.7 cm³/mol. The van der Waals surface area contributed by atoms with E-state index in [1.807, 2.05) is 11.8 Å². The molecule has 0 spiro atoms. The molecule has 2 heterocycles. The molecule has 0 fully saturated rings. The van der Waals surface area contributed by atoms with Gasteiger partial charge < -0.3 is 0 Å². The smallest absolute Gasteiger partial charge is 0.209 e. The van der Waals surface area contributed by atoms with E-state index < -0.39 is 0 Å². The Bertz CT molecular complexity index is 473. The van der Waals surface area contributed by atoms with Crippen molar-refractivity contribution in [3.8, 4) is 0 Å². The lowest BCUT2D eigenvalue weighted by molar-refractivity contribution is 0.933. The van der Waals surface area contributed by atoms with Crippen molar-refractivity contribution in [2.45, 2.75) is 16.6 Å². The van der Waals surface area contributed by atoms with Crippen molar-refractivity contribution in [2.75, 3.05) is 0 Å². The Balaban J connectivity index is 1.90. The van der Waals surface area contributed by atoms with Crippen LogP contribution in [0, 0.1) is 0 Å². The van der Waals surface area contributed by atoms with Crippen LogP contribution in [0.25, 0.3) is 0 Å². The Morgan fingerprint density at radius 2 is 2.20 bits per heavy atom. The Hall–Kier alpha value is -0.580. The number of hydrogen-bond acceptors (Lipinski definition) is 4. The van der Waals surface area contributed by atoms with Crippen molar-refractivity contribution in [3.63, 3.8) is 0 Å². The van der Waals surface area contributed by atoms with Gasteiger partial charge in [0.1, 0.15) is 5.01 Å². The fourth-order valence-electron chi connectivity index (χ4n) is 1.67. The standard InChI is InChI=1S/C10H7ClN2S2/c11-10-12-9(15-13-10)8-5-6-3-1-2-4-7(6)14-8/h1-4,8H,5H2. The van der Waals surface area contributed by atoms with Gasteiger partial charge in [0.25, 0.3) is 0 Å². The summed E-state index contributed by atoms with van der Waals surface area (Å²) in [6, 6.07) is 8.48. The molecular formula is C10H7ClN2S2. The minimum atomic E-state index is 0.367. The van der Waals surface area contributed by atoms with Gasteiger partial charge in [0.15, 0.2) is 0 Å². The highest BCUT2D eigenvalue weighted by Crippen LogP contribution is 2.46. The molecule has 5 heteroatoms. The zero-order valence-electron chi connectivity index (χ0n) is 7.68. The van der Waals surface area contributed by atoms with Crippen LogP contribution in [-0.4, -0.2) is 9.36 Å². The van der Waals surface area contributed by atoms with E-state index in [0.717, 1.165) is 11.4 Å². The van der Waals surface area contributed by atoms with Crippen LogP contribution in [0.5, 0.6) is 0 Å². The average molecular weight is 255 g/mol. The fraction of sp³-hybridized carbons (Fsp3) is 0.200. The Morgan fingerprint density at radius 3 is 2.93 bits per heavy atom. The first-order valence-corrected chi connectivity index (χ1v) is 6.60. The first-order valence-electron chi connectivity index (χ1n) is 4.56. The highest BCUT2D eigenvalue weighted by molar-refractivity contribution is 8.00. The van der Waals surface area contributed by atoms with E-state index in [4.69, 9.17) is 11.6 Å². The third kappa shape index (κ3) is 1.77. The molecule has 15 heavy (non-hydrogen) atoms. The predicted octanol–water partition coefficient (Wildman–Crippen LogP) is 3.58. The van der Waals surface area contributed by atoms with Crippen LogP contribution < -0.4 is 0 Å². The number of hydrogen-bond donors (Lipinski definition) is 0. The van der Waals surface area contributed by atoms with E-state index in [1.54, 1.807) is 0 Å². The zero-order valence-corrected chi connectivity index (χ0v) is 10.1. The maximum absolute atomic E-state index is 5.73. The normalized spacial score (nSPS) is 19.1. The molecule has 0 aliphatic carbocycles. The molecule has 0 saturated carbocycles. The molecule has 0 radical (unpaired) electrons. The second kappa shape index (κ2) is 3.77. The average Bonchev–Trinajstić information content (AvgIpc) is 2.82. The topological polar surface area (TPSA) is 25.8 Å². The first-order chi connectivity index (χ1) is 7.33. The van der Waals surface area contributed by atoms with Crippen molar-refractivity contribution in [1.29, 1.82) is 0 Å². The number of halogens is 1. The third-order valence-electron chi connectivity index (χ3n) is 2.34. The Labute approximate surface area is 101 Å². The van der Waals surface area contributed by atoms with E-state index in [-0.39, 0.29) is 0 Å². The maximum Gasteiger partial charge on any atom is 0.234 e. The van der Waals surface area contributed by atoms with Crippen LogP contribution in [0.15, 0.2) is 29.2 Å². The van der Waals surface area contributed by atoms with Gasteiger partial charge in [0.05, 0.1) is 5.25 Å². The molecule has 0 saturated heterocycles. The van der Waals surface area contributed by atoms with Gasteiger partial charge in [-0.05, 0) is 41.2 Å². The Kier molecular flexibility index (Phi) is 2.42. The monoisotopic (exact) mass is 254 g/mol. The minimum absolute atomic E-state index is 0.367. The summed E-state index contributed by atoms with van der Waals surface area (Å²) in [4.78, 5) is 5.58. The fourth-order valence-corrected chi connectivity index (χ4v) is 3.91. The molecule has 0 amide bonds. The van der Waals surface area contributed by atoms with Gasteiger partial charge in [-0.15, -0.1) is 11.8 Å². The SMILES string of the molecule is Clc1nsc(C2Cc3ccccc3S2)n1. The largest absolute Gasteiger partial charge is 0.234 e. The summed E-state index contributed by atoms with van der Waals surface area (Å²) in [6.45, 7) is 0. The molecule has 0 N–H and O–H groups in total. The van der Waals surface area contributed by atoms with Crippen LogP contribution in [-0.2, 0) is 6.42 Å². The van der Waals surface area contributed by atoms with Crippen molar-refractivity contribution in [1.82, 2.24) is 9.36 Å². The van der Waals surface area contributed by atoms with Crippen LogP contribution in [0.1, 0.15) is 15.8 Å². The number of rotatable bonds is 1. The molecular weight excluding hydrogens is 248 g/mol. The molecule has 1 aliphatic rings. The van der Waals surface area contributed by atoms with Crippen LogP contribution >= 0.6 is 34.9 Å². The van der Waals surface area contributed by atoms with E-state index in [2.05, 4.69) is 33.6 Å². The van der Waals surface area contributed by atoms with Gasteiger partial charge in [0.2, 0.25) is 5.28 Å². The number of nitrogens with zero attached hydrogens (tertiary/aromatic N) is 2. The third-order valence-corrected chi connectivity index (χ3v) is 4.91. The molecule has 0 bridgehead atoms. The highest BCUT2D eigenvalue weighted by atomic mass is 35.5. The number of thioether (sulfide) groups is 1.